The van der Waals surface area contributed by atoms with Crippen molar-refractivity contribution in [3.63, 3.8) is 0 Å². The highest BCUT2D eigenvalue weighted by molar-refractivity contribution is 6.30. The third-order valence-corrected chi connectivity index (χ3v) is 2.84. The van der Waals surface area contributed by atoms with Crippen molar-refractivity contribution in [2.75, 3.05) is 20.6 Å². The fraction of sp³-hybridized carbons (Fsp3) is 0.462. The van der Waals surface area contributed by atoms with E-state index in [-0.39, 0.29) is 11.9 Å². The van der Waals surface area contributed by atoms with Crippen molar-refractivity contribution in [1.29, 1.82) is 0 Å². The molecule has 1 N–H and O–H groups in total. The standard InChI is InChI=1S/C13H19ClN2O/c1-10(14)13(17)15-9-12(16(2)3)11-7-5-4-6-8-11/h4-8,10,12H,9H2,1-3H3,(H,15,17)/t10-,12+/m1/s1. The number of alkyl halides is 1. The molecular weight excluding hydrogens is 236 g/mol. The van der Waals surface area contributed by atoms with Crippen LogP contribution < -0.4 is 5.32 Å². The van der Waals surface area contributed by atoms with E-state index in [1.165, 1.54) is 5.56 Å². The minimum atomic E-state index is -0.492. The van der Waals surface area contributed by atoms with E-state index < -0.39 is 5.38 Å². The first kappa shape index (κ1) is 14.0. The molecule has 94 valence electrons. The first-order valence-electron chi connectivity index (χ1n) is 5.65. The Bertz CT molecular complexity index is 352. The number of benzene rings is 1. The number of hydrogen-bond acceptors (Lipinski definition) is 2. The van der Waals surface area contributed by atoms with Gasteiger partial charge in [-0.05, 0) is 26.6 Å². The lowest BCUT2D eigenvalue weighted by Gasteiger charge is -2.25. The number of nitrogens with one attached hydrogen (secondary N) is 1. The summed E-state index contributed by atoms with van der Waals surface area (Å²) in [6, 6.07) is 10.3. The molecule has 0 fully saturated rings. The highest BCUT2D eigenvalue weighted by atomic mass is 35.5. The van der Waals surface area contributed by atoms with E-state index in [9.17, 15) is 4.79 Å². The number of rotatable bonds is 5. The van der Waals surface area contributed by atoms with E-state index in [4.69, 9.17) is 11.6 Å². The van der Waals surface area contributed by atoms with Crippen LogP contribution in [0.15, 0.2) is 30.3 Å². The van der Waals surface area contributed by atoms with E-state index in [1.807, 2.05) is 32.3 Å². The molecule has 1 aromatic carbocycles. The third kappa shape index (κ3) is 4.36. The predicted molar refractivity (Wildman–Crippen MR) is 71.2 cm³/mol. The Morgan fingerprint density at radius 3 is 2.41 bits per heavy atom. The van der Waals surface area contributed by atoms with Gasteiger partial charge >= 0.3 is 0 Å². The van der Waals surface area contributed by atoms with Gasteiger partial charge in [0.1, 0.15) is 5.38 Å². The van der Waals surface area contributed by atoms with Gasteiger partial charge in [-0.1, -0.05) is 30.3 Å². The van der Waals surface area contributed by atoms with Crippen molar-refractivity contribution in [3.8, 4) is 0 Å². The molecule has 1 rings (SSSR count). The Kier molecular flexibility index (Phi) is 5.45. The molecule has 1 aromatic rings. The van der Waals surface area contributed by atoms with Crippen LogP contribution in [0.25, 0.3) is 0 Å². The first-order chi connectivity index (χ1) is 8.02. The highest BCUT2D eigenvalue weighted by Gasteiger charge is 2.16. The van der Waals surface area contributed by atoms with Gasteiger partial charge in [0, 0.05) is 6.54 Å². The second-order valence-electron chi connectivity index (χ2n) is 4.25. The Balaban J connectivity index is 2.66. The minimum absolute atomic E-state index is 0.130. The molecule has 0 aliphatic heterocycles. The van der Waals surface area contributed by atoms with Gasteiger partial charge in [0.05, 0.1) is 6.04 Å². The Morgan fingerprint density at radius 1 is 1.35 bits per heavy atom. The third-order valence-electron chi connectivity index (χ3n) is 2.64. The molecule has 0 radical (unpaired) electrons. The fourth-order valence-corrected chi connectivity index (χ4v) is 1.69. The fourth-order valence-electron chi connectivity index (χ4n) is 1.61. The molecule has 0 aliphatic rings. The van der Waals surface area contributed by atoms with Crippen LogP contribution in [0.1, 0.15) is 18.5 Å². The van der Waals surface area contributed by atoms with Crippen LogP contribution in [0.4, 0.5) is 0 Å². The maximum Gasteiger partial charge on any atom is 0.237 e. The lowest BCUT2D eigenvalue weighted by Crippen LogP contribution is -2.37. The quantitative estimate of drug-likeness (QED) is 0.816. The van der Waals surface area contributed by atoms with E-state index >= 15 is 0 Å². The summed E-state index contributed by atoms with van der Waals surface area (Å²) in [6.45, 7) is 2.23. The lowest BCUT2D eigenvalue weighted by atomic mass is 10.1. The molecule has 0 heterocycles. The van der Waals surface area contributed by atoms with Crippen LogP contribution in [0.3, 0.4) is 0 Å². The van der Waals surface area contributed by atoms with E-state index in [0.29, 0.717) is 6.54 Å². The van der Waals surface area contributed by atoms with Gasteiger partial charge in [-0.2, -0.15) is 0 Å². The summed E-state index contributed by atoms with van der Waals surface area (Å²) >= 11 is 5.71. The Hall–Kier alpha value is -1.06. The molecule has 0 unspecified atom stereocenters. The van der Waals surface area contributed by atoms with E-state index in [0.717, 1.165) is 0 Å². The number of likely N-dealkylation sites (N-methyl/N-ethyl adjacent to an activating group) is 1. The number of carbonyl (C=O) groups is 1. The summed E-state index contributed by atoms with van der Waals surface area (Å²) in [5, 5.41) is 2.36. The maximum atomic E-state index is 11.4. The van der Waals surface area contributed by atoms with Crippen LogP contribution in [0, 0.1) is 0 Å². The molecule has 0 aliphatic carbocycles. The lowest BCUT2D eigenvalue weighted by molar-refractivity contribution is -0.120. The number of nitrogens with zero attached hydrogens (tertiary/aromatic N) is 1. The van der Waals surface area contributed by atoms with Crippen LogP contribution >= 0.6 is 11.6 Å². The monoisotopic (exact) mass is 254 g/mol. The molecule has 2 atom stereocenters. The number of halogens is 1. The molecule has 0 bridgehead atoms. The predicted octanol–water partition coefficient (Wildman–Crippen LogP) is 2.03. The Labute approximate surface area is 108 Å². The zero-order valence-electron chi connectivity index (χ0n) is 10.5. The van der Waals surface area contributed by atoms with Crippen molar-refractivity contribution < 1.29 is 4.79 Å². The Morgan fingerprint density at radius 2 is 1.94 bits per heavy atom. The van der Waals surface area contributed by atoms with Gasteiger partial charge in [-0.25, -0.2) is 0 Å². The summed E-state index contributed by atoms with van der Waals surface area (Å²) in [5.41, 5.74) is 1.18. The van der Waals surface area contributed by atoms with Gasteiger partial charge < -0.3 is 10.2 Å². The van der Waals surface area contributed by atoms with Crippen LogP contribution in [0.2, 0.25) is 0 Å². The highest BCUT2D eigenvalue weighted by Crippen LogP contribution is 2.16. The van der Waals surface area contributed by atoms with Crippen molar-refractivity contribution in [2.24, 2.45) is 0 Å². The first-order valence-corrected chi connectivity index (χ1v) is 6.09. The normalized spacial score (nSPS) is 14.4. The topological polar surface area (TPSA) is 32.3 Å². The molecular formula is C13H19ClN2O. The van der Waals surface area contributed by atoms with Crippen LogP contribution in [-0.2, 0) is 4.79 Å². The summed E-state index contributed by atoms with van der Waals surface area (Å²) in [7, 11) is 3.99. The van der Waals surface area contributed by atoms with Crippen molar-refractivity contribution in [1.82, 2.24) is 10.2 Å². The van der Waals surface area contributed by atoms with Crippen LogP contribution in [0.5, 0.6) is 0 Å². The van der Waals surface area contributed by atoms with Gasteiger partial charge in [-0.3, -0.25) is 4.79 Å². The summed E-state index contributed by atoms with van der Waals surface area (Å²) in [4.78, 5) is 13.5. The molecule has 4 heteroatoms. The molecule has 3 nitrogen and oxygen atoms in total. The second-order valence-corrected chi connectivity index (χ2v) is 4.91. The van der Waals surface area contributed by atoms with Gasteiger partial charge in [0.15, 0.2) is 0 Å². The van der Waals surface area contributed by atoms with Gasteiger partial charge in [-0.15, -0.1) is 11.6 Å². The summed E-state index contributed by atoms with van der Waals surface area (Å²) < 4.78 is 0. The molecule has 17 heavy (non-hydrogen) atoms. The molecule has 0 saturated carbocycles. The molecule has 1 amide bonds. The minimum Gasteiger partial charge on any atom is -0.353 e. The molecule has 0 aromatic heterocycles. The van der Waals surface area contributed by atoms with Crippen LogP contribution in [-0.4, -0.2) is 36.8 Å². The SMILES string of the molecule is C[C@@H](Cl)C(=O)NC[C@@H](c1ccccc1)N(C)C. The van der Waals surface area contributed by atoms with Gasteiger partial charge in [0.25, 0.3) is 0 Å². The maximum absolute atomic E-state index is 11.4. The average molecular weight is 255 g/mol. The van der Waals surface area contributed by atoms with E-state index in [2.05, 4.69) is 22.3 Å². The second kappa shape index (κ2) is 6.62. The van der Waals surface area contributed by atoms with E-state index in [1.54, 1.807) is 6.92 Å². The zero-order valence-corrected chi connectivity index (χ0v) is 11.2. The number of hydrogen-bond donors (Lipinski definition) is 1. The molecule has 0 saturated heterocycles. The number of carbonyl (C=O) groups excluding carboxylic acids is 1. The summed E-state index contributed by atoms with van der Waals surface area (Å²) in [6.07, 6.45) is 0. The number of amides is 1. The smallest absolute Gasteiger partial charge is 0.237 e. The zero-order chi connectivity index (χ0) is 12.8. The average Bonchev–Trinajstić information content (AvgIpc) is 2.29. The largest absolute Gasteiger partial charge is 0.353 e. The van der Waals surface area contributed by atoms with Gasteiger partial charge in [0.2, 0.25) is 5.91 Å². The summed E-state index contributed by atoms with van der Waals surface area (Å²) in [5.74, 6) is -0.130. The van der Waals surface area contributed by atoms with Crippen molar-refractivity contribution >= 4 is 17.5 Å². The molecule has 0 spiro atoms. The van der Waals surface area contributed by atoms with Crippen molar-refractivity contribution in [2.45, 2.75) is 18.3 Å². The van der Waals surface area contributed by atoms with Crippen molar-refractivity contribution in [3.05, 3.63) is 35.9 Å².